The summed E-state index contributed by atoms with van der Waals surface area (Å²) < 4.78 is 5.30. The molecule has 0 radical (unpaired) electrons. The molecule has 0 heterocycles. The summed E-state index contributed by atoms with van der Waals surface area (Å²) in [5.41, 5.74) is 0. The van der Waals surface area contributed by atoms with Crippen molar-refractivity contribution in [2.75, 3.05) is 26.2 Å². The quantitative estimate of drug-likeness (QED) is 0.444. The Labute approximate surface area is 91.8 Å². The lowest BCUT2D eigenvalue weighted by molar-refractivity contribution is -0.131. The van der Waals surface area contributed by atoms with Crippen LogP contribution >= 0.6 is 0 Å². The minimum absolute atomic E-state index is 0.163. The molecule has 2 N–H and O–H groups in total. The van der Waals surface area contributed by atoms with Gasteiger partial charge in [-0.15, -0.1) is 6.42 Å². The van der Waals surface area contributed by atoms with Crippen LogP contribution in [-0.4, -0.2) is 38.3 Å². The van der Waals surface area contributed by atoms with Crippen LogP contribution in [0.3, 0.4) is 0 Å². The Morgan fingerprint density at radius 2 is 2.27 bits per heavy atom. The first-order valence-corrected chi connectivity index (χ1v) is 5.25. The number of hydrogen-bond acceptors (Lipinski definition) is 3. The van der Waals surface area contributed by atoms with Gasteiger partial charge in [-0.1, -0.05) is 12.8 Å². The third-order valence-corrected chi connectivity index (χ3v) is 1.81. The predicted octanol–water partition coefficient (Wildman–Crippen LogP) is 0.140. The molecule has 0 aliphatic carbocycles. The highest BCUT2D eigenvalue weighted by Gasteiger charge is 2.11. The van der Waals surface area contributed by atoms with Gasteiger partial charge in [0, 0.05) is 6.54 Å². The van der Waals surface area contributed by atoms with Gasteiger partial charge >= 0.3 is 0 Å². The number of hydrogen-bond donors (Lipinski definition) is 2. The molecule has 1 atom stereocenters. The third kappa shape index (κ3) is 7.98. The van der Waals surface area contributed by atoms with Gasteiger partial charge in [-0.05, 0) is 19.9 Å². The normalized spacial score (nSPS) is 11.8. The largest absolute Gasteiger partial charge is 0.367 e. The lowest BCUT2D eigenvalue weighted by Crippen LogP contribution is -2.36. The molecule has 1 unspecified atom stereocenters. The van der Waals surface area contributed by atoms with Crippen LogP contribution in [0.5, 0.6) is 0 Å². The summed E-state index contributed by atoms with van der Waals surface area (Å²) in [6, 6.07) is 0. The molecule has 0 aliphatic heterocycles. The van der Waals surface area contributed by atoms with Crippen LogP contribution in [0.2, 0.25) is 0 Å². The summed E-state index contributed by atoms with van der Waals surface area (Å²) in [5.74, 6) is 2.17. The molecule has 0 aromatic carbocycles. The number of ether oxygens (including phenoxy) is 1. The van der Waals surface area contributed by atoms with Crippen LogP contribution in [0.4, 0.5) is 0 Å². The maximum absolute atomic E-state index is 11.3. The average Bonchev–Trinajstić information content (AvgIpc) is 2.25. The van der Waals surface area contributed by atoms with Crippen LogP contribution in [0.15, 0.2) is 0 Å². The molecule has 0 bridgehead atoms. The predicted molar refractivity (Wildman–Crippen MR) is 60.4 cm³/mol. The zero-order valence-electron chi connectivity index (χ0n) is 9.51. The molecule has 0 spiro atoms. The molecule has 1 amide bonds. The van der Waals surface area contributed by atoms with Crippen LogP contribution in [0.25, 0.3) is 0 Å². The number of amides is 1. The molecule has 86 valence electrons. The first kappa shape index (κ1) is 13.9. The van der Waals surface area contributed by atoms with Crippen LogP contribution in [-0.2, 0) is 9.53 Å². The van der Waals surface area contributed by atoms with E-state index in [0.717, 1.165) is 19.5 Å². The zero-order valence-corrected chi connectivity index (χ0v) is 9.51. The Morgan fingerprint density at radius 3 is 2.87 bits per heavy atom. The number of nitrogens with one attached hydrogen (secondary N) is 2. The van der Waals surface area contributed by atoms with Crippen molar-refractivity contribution < 1.29 is 9.53 Å². The SMILES string of the molecule is C#CCNC(=O)C(C)OCCNCCC. The van der Waals surface area contributed by atoms with E-state index in [9.17, 15) is 4.79 Å². The van der Waals surface area contributed by atoms with E-state index in [1.54, 1.807) is 6.92 Å². The Bertz CT molecular complexity index is 211. The van der Waals surface area contributed by atoms with E-state index < -0.39 is 6.10 Å². The first-order chi connectivity index (χ1) is 7.22. The smallest absolute Gasteiger partial charge is 0.249 e. The molecule has 0 saturated carbocycles. The Balaban J connectivity index is 3.43. The molecule has 0 aromatic heterocycles. The zero-order chi connectivity index (χ0) is 11.5. The summed E-state index contributed by atoms with van der Waals surface area (Å²) >= 11 is 0. The molecule has 4 heteroatoms. The van der Waals surface area contributed by atoms with Gasteiger partial charge in [-0.3, -0.25) is 4.79 Å². The molecule has 0 rings (SSSR count). The maximum atomic E-state index is 11.3. The van der Waals surface area contributed by atoms with Gasteiger partial charge in [0.1, 0.15) is 6.10 Å². The lowest BCUT2D eigenvalue weighted by atomic mass is 10.3. The minimum Gasteiger partial charge on any atom is -0.367 e. The fourth-order valence-corrected chi connectivity index (χ4v) is 0.967. The van der Waals surface area contributed by atoms with Crippen molar-refractivity contribution in [2.24, 2.45) is 0 Å². The highest BCUT2D eigenvalue weighted by atomic mass is 16.5. The summed E-state index contributed by atoms with van der Waals surface area (Å²) in [6.45, 7) is 6.34. The van der Waals surface area contributed by atoms with E-state index in [-0.39, 0.29) is 12.5 Å². The van der Waals surface area contributed by atoms with E-state index in [2.05, 4.69) is 23.5 Å². The van der Waals surface area contributed by atoms with Gasteiger partial charge in [0.2, 0.25) is 5.91 Å². The number of rotatable bonds is 8. The monoisotopic (exact) mass is 212 g/mol. The second kappa shape index (κ2) is 9.50. The van der Waals surface area contributed by atoms with E-state index in [0.29, 0.717) is 6.61 Å². The van der Waals surface area contributed by atoms with Crippen molar-refractivity contribution in [2.45, 2.75) is 26.4 Å². The standard InChI is InChI=1S/C11H20N2O2/c1-4-6-12-8-9-15-10(3)11(14)13-7-5-2/h2,10,12H,4,6-9H2,1,3H3,(H,13,14). The topological polar surface area (TPSA) is 50.4 Å². The summed E-state index contributed by atoms with van der Waals surface area (Å²) in [4.78, 5) is 11.3. The molecular formula is C11H20N2O2. The average molecular weight is 212 g/mol. The van der Waals surface area contributed by atoms with Crippen molar-refractivity contribution in [3.63, 3.8) is 0 Å². The summed E-state index contributed by atoms with van der Waals surface area (Å²) in [7, 11) is 0. The second-order valence-electron chi connectivity index (χ2n) is 3.18. The molecule has 0 saturated heterocycles. The maximum Gasteiger partial charge on any atom is 0.249 e. The van der Waals surface area contributed by atoms with Crippen molar-refractivity contribution >= 4 is 5.91 Å². The van der Waals surface area contributed by atoms with Gasteiger partial charge in [0.15, 0.2) is 0 Å². The fraction of sp³-hybridized carbons (Fsp3) is 0.727. The van der Waals surface area contributed by atoms with Gasteiger partial charge in [0.25, 0.3) is 0 Å². The van der Waals surface area contributed by atoms with E-state index in [1.807, 2.05) is 0 Å². The number of carbonyl (C=O) groups is 1. The lowest BCUT2D eigenvalue weighted by Gasteiger charge is -2.12. The Morgan fingerprint density at radius 1 is 1.53 bits per heavy atom. The van der Waals surface area contributed by atoms with Gasteiger partial charge in [-0.25, -0.2) is 0 Å². The highest BCUT2D eigenvalue weighted by Crippen LogP contribution is 1.89. The van der Waals surface area contributed by atoms with Gasteiger partial charge < -0.3 is 15.4 Å². The molecule has 0 aromatic rings. The molecular weight excluding hydrogens is 192 g/mol. The van der Waals surface area contributed by atoms with Gasteiger partial charge in [0.05, 0.1) is 13.2 Å². The Kier molecular flexibility index (Phi) is 8.84. The van der Waals surface area contributed by atoms with E-state index >= 15 is 0 Å². The molecule has 15 heavy (non-hydrogen) atoms. The summed E-state index contributed by atoms with van der Waals surface area (Å²) in [5, 5.41) is 5.75. The van der Waals surface area contributed by atoms with E-state index in [4.69, 9.17) is 11.2 Å². The van der Waals surface area contributed by atoms with Gasteiger partial charge in [-0.2, -0.15) is 0 Å². The van der Waals surface area contributed by atoms with E-state index in [1.165, 1.54) is 0 Å². The number of carbonyl (C=O) groups excluding carboxylic acids is 1. The van der Waals surface area contributed by atoms with Crippen molar-refractivity contribution in [1.82, 2.24) is 10.6 Å². The molecule has 4 nitrogen and oxygen atoms in total. The third-order valence-electron chi connectivity index (χ3n) is 1.81. The van der Waals surface area contributed by atoms with Crippen molar-refractivity contribution in [3.8, 4) is 12.3 Å². The number of terminal acetylenes is 1. The van der Waals surface area contributed by atoms with Crippen LogP contribution in [0.1, 0.15) is 20.3 Å². The first-order valence-electron chi connectivity index (χ1n) is 5.25. The van der Waals surface area contributed by atoms with Crippen LogP contribution < -0.4 is 10.6 Å². The fourth-order valence-electron chi connectivity index (χ4n) is 0.967. The van der Waals surface area contributed by atoms with Crippen LogP contribution in [0, 0.1) is 12.3 Å². The summed E-state index contributed by atoms with van der Waals surface area (Å²) in [6.07, 6.45) is 5.67. The molecule has 0 fully saturated rings. The molecule has 0 aliphatic rings. The minimum atomic E-state index is -0.443. The second-order valence-corrected chi connectivity index (χ2v) is 3.18. The Hall–Kier alpha value is -1.05. The van der Waals surface area contributed by atoms with Crippen molar-refractivity contribution in [1.29, 1.82) is 0 Å². The highest BCUT2D eigenvalue weighted by molar-refractivity contribution is 5.80. The van der Waals surface area contributed by atoms with Crippen molar-refractivity contribution in [3.05, 3.63) is 0 Å².